The van der Waals surface area contributed by atoms with Crippen molar-refractivity contribution in [1.82, 2.24) is 4.98 Å². The fourth-order valence-corrected chi connectivity index (χ4v) is 3.84. The molecule has 0 spiro atoms. The van der Waals surface area contributed by atoms with E-state index in [9.17, 15) is 15.0 Å². The predicted octanol–water partition coefficient (Wildman–Crippen LogP) is 4.74. The van der Waals surface area contributed by atoms with Crippen LogP contribution in [-0.2, 0) is 16.1 Å². The van der Waals surface area contributed by atoms with Gasteiger partial charge in [0.25, 0.3) is 0 Å². The van der Waals surface area contributed by atoms with Crippen LogP contribution in [0.1, 0.15) is 74.9 Å². The molecule has 6 heteroatoms. The van der Waals surface area contributed by atoms with E-state index in [1.807, 2.05) is 36.4 Å². The molecular weight excluding hydrogens is 406 g/mol. The highest BCUT2D eigenvalue weighted by atomic mass is 16.5. The van der Waals surface area contributed by atoms with Crippen molar-refractivity contribution >= 4 is 12.0 Å². The number of pyridine rings is 1. The number of aliphatic hydroxyl groups is 2. The van der Waals surface area contributed by atoms with Gasteiger partial charge in [-0.2, -0.15) is 0 Å². The van der Waals surface area contributed by atoms with E-state index in [1.165, 1.54) is 0 Å². The third-order valence-electron chi connectivity index (χ3n) is 5.25. The summed E-state index contributed by atoms with van der Waals surface area (Å²) in [6, 6.07) is 10.0. The first-order valence-corrected chi connectivity index (χ1v) is 11.0. The van der Waals surface area contributed by atoms with Crippen LogP contribution in [0.4, 0.5) is 0 Å². The number of nitrogens with zero attached hydrogens (tertiary/aromatic N) is 1. The second-order valence-electron chi connectivity index (χ2n) is 8.67. The van der Waals surface area contributed by atoms with Gasteiger partial charge in [-0.25, -0.2) is 0 Å². The average molecular weight is 442 g/mol. The maximum atomic E-state index is 10.8. The minimum absolute atomic E-state index is 0.0527. The Morgan fingerprint density at radius 3 is 2.22 bits per heavy atom. The number of carboxylic acids is 1. The minimum atomic E-state index is -1.11. The van der Waals surface area contributed by atoms with Gasteiger partial charge in [-0.15, -0.1) is 0 Å². The minimum Gasteiger partial charge on any atom is -0.481 e. The lowest BCUT2D eigenvalue weighted by Gasteiger charge is -2.23. The fourth-order valence-electron chi connectivity index (χ4n) is 3.84. The van der Waals surface area contributed by atoms with Gasteiger partial charge in [0.15, 0.2) is 0 Å². The predicted molar refractivity (Wildman–Crippen MR) is 126 cm³/mol. The van der Waals surface area contributed by atoms with Gasteiger partial charge in [-0.05, 0) is 23.0 Å². The lowest BCUT2D eigenvalue weighted by Crippen LogP contribution is -2.19. The van der Waals surface area contributed by atoms with Crippen LogP contribution >= 0.6 is 0 Å². The van der Waals surface area contributed by atoms with Gasteiger partial charge in [0.1, 0.15) is 0 Å². The van der Waals surface area contributed by atoms with Crippen molar-refractivity contribution in [2.45, 2.75) is 71.2 Å². The Morgan fingerprint density at radius 2 is 1.69 bits per heavy atom. The quantitative estimate of drug-likeness (QED) is 0.466. The van der Waals surface area contributed by atoms with Gasteiger partial charge in [-0.1, -0.05) is 70.2 Å². The molecule has 6 nitrogen and oxygen atoms in total. The molecule has 1 aromatic heterocycles. The molecule has 2 aromatic rings. The van der Waals surface area contributed by atoms with Gasteiger partial charge in [0.2, 0.25) is 0 Å². The monoisotopic (exact) mass is 441 g/mol. The number of hydrogen-bond acceptors (Lipinski definition) is 5. The number of aromatic nitrogens is 1. The zero-order chi connectivity index (χ0) is 23.8. The first-order valence-electron chi connectivity index (χ1n) is 11.0. The third-order valence-corrected chi connectivity index (χ3v) is 5.25. The van der Waals surface area contributed by atoms with Crippen LogP contribution in [0.2, 0.25) is 0 Å². The Bertz CT molecular complexity index is 922. The number of aliphatic hydroxyl groups excluding tert-OH is 2. The summed E-state index contributed by atoms with van der Waals surface area (Å²) in [5.74, 6) is -0.754. The Hall–Kier alpha value is -2.54. The summed E-state index contributed by atoms with van der Waals surface area (Å²) in [6.07, 6.45) is 0.889. The van der Waals surface area contributed by atoms with Crippen LogP contribution in [-0.4, -0.2) is 45.6 Å². The molecular formula is C26H35NO5. The second-order valence-corrected chi connectivity index (χ2v) is 8.67. The first-order chi connectivity index (χ1) is 15.1. The summed E-state index contributed by atoms with van der Waals surface area (Å²) in [6.45, 7) is 8.81. The molecule has 2 atom stereocenters. The number of benzene rings is 1. The second kappa shape index (κ2) is 11.9. The van der Waals surface area contributed by atoms with Crippen molar-refractivity contribution < 1.29 is 24.9 Å². The molecule has 32 heavy (non-hydrogen) atoms. The molecule has 1 aromatic carbocycles. The lowest BCUT2D eigenvalue weighted by atomic mass is 9.87. The number of carboxylic acid groups (broad SMARTS) is 1. The van der Waals surface area contributed by atoms with Crippen LogP contribution in [0.3, 0.4) is 0 Å². The van der Waals surface area contributed by atoms with Gasteiger partial charge in [-0.3, -0.25) is 9.78 Å². The van der Waals surface area contributed by atoms with E-state index in [2.05, 4.69) is 27.7 Å². The summed E-state index contributed by atoms with van der Waals surface area (Å²) in [4.78, 5) is 15.8. The molecule has 0 aliphatic rings. The maximum absolute atomic E-state index is 10.8. The van der Waals surface area contributed by atoms with Gasteiger partial charge in [0, 0.05) is 30.4 Å². The van der Waals surface area contributed by atoms with Gasteiger partial charge in [0.05, 0.1) is 30.9 Å². The number of carbonyl (C=O) groups is 1. The van der Waals surface area contributed by atoms with Crippen molar-refractivity contribution in [3.63, 3.8) is 0 Å². The van der Waals surface area contributed by atoms with E-state index >= 15 is 0 Å². The molecule has 1 heterocycles. The molecule has 0 fully saturated rings. The number of methoxy groups -OCH3 is 1. The molecule has 2 rings (SSSR count). The Labute approximate surface area is 190 Å². The normalized spacial score (nSPS) is 13.8. The molecule has 174 valence electrons. The topological polar surface area (TPSA) is 99.9 Å². The van der Waals surface area contributed by atoms with Crippen LogP contribution in [0.25, 0.3) is 17.2 Å². The smallest absolute Gasteiger partial charge is 0.305 e. The molecule has 0 aliphatic heterocycles. The van der Waals surface area contributed by atoms with Crippen molar-refractivity contribution in [2.24, 2.45) is 0 Å². The van der Waals surface area contributed by atoms with Crippen molar-refractivity contribution in [2.75, 3.05) is 7.11 Å². The van der Waals surface area contributed by atoms with Crippen LogP contribution in [0.15, 0.2) is 36.4 Å². The molecule has 0 saturated heterocycles. The molecule has 0 saturated carbocycles. The van der Waals surface area contributed by atoms with Gasteiger partial charge < -0.3 is 20.1 Å². The summed E-state index contributed by atoms with van der Waals surface area (Å²) in [5.41, 5.74) is 5.87. The van der Waals surface area contributed by atoms with Crippen LogP contribution in [0, 0.1) is 0 Å². The molecule has 0 bridgehead atoms. The summed E-state index contributed by atoms with van der Waals surface area (Å²) in [7, 11) is 1.67. The van der Waals surface area contributed by atoms with E-state index in [0.717, 1.165) is 33.6 Å². The number of hydrogen-bond donors (Lipinski definition) is 3. The van der Waals surface area contributed by atoms with E-state index in [-0.39, 0.29) is 18.3 Å². The Balaban J connectivity index is 2.66. The van der Waals surface area contributed by atoms with Crippen molar-refractivity contribution in [3.8, 4) is 11.1 Å². The third kappa shape index (κ3) is 6.73. The number of aliphatic carboxylic acids is 1. The average Bonchev–Trinajstić information content (AvgIpc) is 2.71. The molecule has 0 unspecified atom stereocenters. The molecule has 3 N–H and O–H groups in total. The molecule has 0 radical (unpaired) electrons. The highest BCUT2D eigenvalue weighted by molar-refractivity contribution is 5.80. The summed E-state index contributed by atoms with van der Waals surface area (Å²) >= 11 is 0. The van der Waals surface area contributed by atoms with Crippen molar-refractivity contribution in [1.29, 1.82) is 0 Å². The van der Waals surface area contributed by atoms with Crippen molar-refractivity contribution in [3.05, 3.63) is 58.9 Å². The van der Waals surface area contributed by atoms with Crippen LogP contribution < -0.4 is 0 Å². The van der Waals surface area contributed by atoms with Gasteiger partial charge >= 0.3 is 5.97 Å². The van der Waals surface area contributed by atoms with Crippen LogP contribution in [0.5, 0.6) is 0 Å². The Kier molecular flexibility index (Phi) is 9.57. The summed E-state index contributed by atoms with van der Waals surface area (Å²) < 4.78 is 5.55. The first kappa shape index (κ1) is 25.7. The van der Waals surface area contributed by atoms with E-state index in [1.54, 1.807) is 13.2 Å². The maximum Gasteiger partial charge on any atom is 0.305 e. The van der Waals surface area contributed by atoms with E-state index in [4.69, 9.17) is 14.8 Å². The zero-order valence-corrected chi connectivity index (χ0v) is 19.6. The zero-order valence-electron chi connectivity index (χ0n) is 19.6. The fraction of sp³-hybridized carbons (Fsp3) is 0.462. The number of ether oxygens (including phenoxy) is 1. The molecule has 0 amide bonds. The standard InChI is InChI=1S/C26H35NO5/c1-16(2)25-21(12-11-19(28)13-20(29)14-23(30)31)24(18-9-7-6-8-10-18)22(15-32-5)26(27-25)17(3)4/h6-12,16-17,19-20,28-29H,13-15H2,1-5H3,(H,30,31)/t19-,20-/m1/s1. The largest absolute Gasteiger partial charge is 0.481 e. The number of rotatable bonds is 11. The summed E-state index contributed by atoms with van der Waals surface area (Å²) in [5, 5.41) is 29.1. The van der Waals surface area contributed by atoms with E-state index < -0.39 is 24.6 Å². The lowest BCUT2D eigenvalue weighted by molar-refractivity contribution is -0.139. The molecule has 0 aliphatic carbocycles. The van der Waals surface area contributed by atoms with E-state index in [0.29, 0.717) is 6.61 Å². The SMILES string of the molecule is COCc1c(C(C)C)nc(C(C)C)c(C=C[C@@H](O)C[C@@H](O)CC(=O)O)c1-c1ccccc1. The highest BCUT2D eigenvalue weighted by Gasteiger charge is 2.23. The Morgan fingerprint density at radius 1 is 1.06 bits per heavy atom. The highest BCUT2D eigenvalue weighted by Crippen LogP contribution is 2.37.